The summed E-state index contributed by atoms with van der Waals surface area (Å²) in [5, 5.41) is 2.97. The minimum atomic E-state index is -0.602. The lowest BCUT2D eigenvalue weighted by atomic mass is 9.89. The Morgan fingerprint density at radius 1 is 1.12 bits per heavy atom. The van der Waals surface area contributed by atoms with E-state index in [2.05, 4.69) is 5.32 Å². The molecule has 1 aliphatic rings. The number of carbonyl (C=O) groups excluding carboxylic acids is 3. The van der Waals surface area contributed by atoms with Gasteiger partial charge in [-0.3, -0.25) is 0 Å². The highest BCUT2D eigenvalue weighted by atomic mass is 16.5. The Kier molecular flexibility index (Phi) is 10.4. The quantitative estimate of drug-likeness (QED) is 0.384. The molecule has 1 N–H and O–H groups in total. The number of esters is 2. The van der Waals surface area contributed by atoms with Gasteiger partial charge in [0.05, 0.1) is 12.7 Å². The smallest absolute Gasteiger partial charge is 0.331 e. The molecule has 7 nitrogen and oxygen atoms in total. The minimum Gasteiger partial charge on any atom is -0.462 e. The molecule has 0 radical (unpaired) electrons. The Morgan fingerprint density at radius 3 is 2.42 bits per heavy atom. The molecule has 148 valence electrons. The van der Waals surface area contributed by atoms with E-state index in [1.165, 1.54) is 32.1 Å². The van der Waals surface area contributed by atoms with E-state index in [1.54, 1.807) is 25.8 Å². The van der Waals surface area contributed by atoms with Gasteiger partial charge in [-0.2, -0.15) is 0 Å². The topological polar surface area (TPSA) is 84.9 Å². The Balaban J connectivity index is 2.11. The zero-order valence-electron chi connectivity index (χ0n) is 16.2. The summed E-state index contributed by atoms with van der Waals surface area (Å²) in [5.41, 5.74) is 0. The molecule has 1 fully saturated rings. The average Bonchev–Trinajstić information content (AvgIpc) is 2.61. The Bertz CT molecular complexity index is 484. The fraction of sp³-hybridized carbons (Fsp3) is 0.737. The molecule has 0 spiro atoms. The van der Waals surface area contributed by atoms with Crippen LogP contribution in [0.2, 0.25) is 0 Å². The molecule has 7 heteroatoms. The molecule has 0 saturated heterocycles. The van der Waals surface area contributed by atoms with Crippen molar-refractivity contribution in [2.24, 2.45) is 5.92 Å². The van der Waals surface area contributed by atoms with Crippen LogP contribution in [0, 0.1) is 5.92 Å². The number of nitrogens with zero attached hydrogens (tertiary/aromatic N) is 1. The van der Waals surface area contributed by atoms with Crippen molar-refractivity contribution in [1.82, 2.24) is 10.2 Å². The number of carbonyl (C=O) groups is 3. The van der Waals surface area contributed by atoms with Gasteiger partial charge >= 0.3 is 18.0 Å². The maximum Gasteiger partial charge on any atom is 0.331 e. The second-order valence-electron chi connectivity index (χ2n) is 6.95. The van der Waals surface area contributed by atoms with Crippen LogP contribution in [0.15, 0.2) is 12.2 Å². The zero-order chi connectivity index (χ0) is 19.4. The third-order valence-corrected chi connectivity index (χ3v) is 4.20. The molecule has 0 heterocycles. The first kappa shape index (κ1) is 22.0. The molecule has 1 rings (SSSR count). The summed E-state index contributed by atoms with van der Waals surface area (Å²) in [4.78, 5) is 36.4. The van der Waals surface area contributed by atoms with E-state index in [4.69, 9.17) is 9.47 Å². The summed E-state index contributed by atoms with van der Waals surface area (Å²) in [5.74, 6) is -0.586. The van der Waals surface area contributed by atoms with E-state index < -0.39 is 11.9 Å². The Morgan fingerprint density at radius 2 is 1.77 bits per heavy atom. The van der Waals surface area contributed by atoms with Gasteiger partial charge in [0.1, 0.15) is 0 Å². The van der Waals surface area contributed by atoms with Crippen molar-refractivity contribution in [3.63, 3.8) is 0 Å². The number of hydrogen-bond acceptors (Lipinski definition) is 5. The predicted molar refractivity (Wildman–Crippen MR) is 98.5 cm³/mol. The largest absolute Gasteiger partial charge is 0.462 e. The summed E-state index contributed by atoms with van der Waals surface area (Å²) in [6.45, 7) is 4.86. The van der Waals surface area contributed by atoms with Gasteiger partial charge in [-0.1, -0.05) is 19.3 Å². The van der Waals surface area contributed by atoms with E-state index in [-0.39, 0.29) is 18.7 Å². The molecule has 26 heavy (non-hydrogen) atoms. The number of amides is 2. The summed E-state index contributed by atoms with van der Waals surface area (Å²) < 4.78 is 9.86. The highest BCUT2D eigenvalue weighted by Gasteiger charge is 2.15. The lowest BCUT2D eigenvalue weighted by Gasteiger charge is -2.24. The van der Waals surface area contributed by atoms with E-state index in [9.17, 15) is 14.4 Å². The molecule has 2 amide bonds. The van der Waals surface area contributed by atoms with Crippen LogP contribution in [-0.2, 0) is 19.1 Å². The fourth-order valence-corrected chi connectivity index (χ4v) is 2.79. The average molecular weight is 368 g/mol. The molecule has 0 bridgehead atoms. The van der Waals surface area contributed by atoms with Crippen LogP contribution in [-0.4, -0.2) is 55.7 Å². The Hall–Kier alpha value is -2.05. The van der Waals surface area contributed by atoms with Crippen molar-refractivity contribution < 1.29 is 23.9 Å². The van der Waals surface area contributed by atoms with Crippen LogP contribution in [0.3, 0.4) is 0 Å². The van der Waals surface area contributed by atoms with E-state index in [0.29, 0.717) is 18.9 Å². The summed E-state index contributed by atoms with van der Waals surface area (Å²) >= 11 is 0. The number of urea groups is 1. The van der Waals surface area contributed by atoms with Crippen molar-refractivity contribution in [1.29, 1.82) is 0 Å². The van der Waals surface area contributed by atoms with Crippen LogP contribution >= 0.6 is 0 Å². The van der Waals surface area contributed by atoms with Gasteiger partial charge in [-0.15, -0.1) is 0 Å². The lowest BCUT2D eigenvalue weighted by molar-refractivity contribution is -0.142. The first-order chi connectivity index (χ1) is 12.4. The molecule has 0 aliphatic heterocycles. The second kappa shape index (κ2) is 12.3. The molecule has 0 aromatic heterocycles. The molecular formula is C19H32N2O5. The van der Waals surface area contributed by atoms with Crippen LogP contribution in [0.1, 0.15) is 52.4 Å². The third kappa shape index (κ3) is 10.1. The second-order valence-corrected chi connectivity index (χ2v) is 6.95. The maximum absolute atomic E-state index is 12.0. The zero-order valence-corrected chi connectivity index (χ0v) is 16.2. The van der Waals surface area contributed by atoms with Crippen LogP contribution in [0.25, 0.3) is 0 Å². The van der Waals surface area contributed by atoms with Gasteiger partial charge in [0, 0.05) is 32.3 Å². The monoisotopic (exact) mass is 368 g/mol. The maximum atomic E-state index is 12.0. The summed E-state index contributed by atoms with van der Waals surface area (Å²) in [6, 6.07) is -0.0989. The van der Waals surface area contributed by atoms with Gasteiger partial charge in [0.25, 0.3) is 0 Å². The minimum absolute atomic E-state index is 0.0989. The normalized spacial score (nSPS) is 15.1. The van der Waals surface area contributed by atoms with Crippen LogP contribution in [0.4, 0.5) is 4.79 Å². The van der Waals surface area contributed by atoms with Crippen molar-refractivity contribution in [2.75, 3.05) is 26.7 Å². The highest BCUT2D eigenvalue weighted by Crippen LogP contribution is 2.22. The summed E-state index contributed by atoms with van der Waals surface area (Å²) in [7, 11) is 1.72. The van der Waals surface area contributed by atoms with E-state index in [1.807, 2.05) is 0 Å². The van der Waals surface area contributed by atoms with E-state index in [0.717, 1.165) is 18.7 Å². The number of rotatable bonds is 9. The molecule has 1 aliphatic carbocycles. The molecule has 0 aromatic rings. The standard InChI is InChI=1S/C19H32N2O5/c1-15(2)26-18(23)11-10-17(22)25-13-7-12-21(3)19(24)20-14-16-8-5-4-6-9-16/h10-11,15-16H,4-9,12-14H2,1-3H3,(H,20,24)/b11-10+. The SMILES string of the molecule is CC(C)OC(=O)/C=C/C(=O)OCCCN(C)C(=O)NCC1CCCCC1. The first-order valence-electron chi connectivity index (χ1n) is 9.43. The summed E-state index contributed by atoms with van der Waals surface area (Å²) in [6.07, 6.45) is 8.59. The van der Waals surface area contributed by atoms with Gasteiger partial charge in [0.15, 0.2) is 0 Å². The molecule has 1 saturated carbocycles. The molecule has 0 aromatic carbocycles. The first-order valence-corrected chi connectivity index (χ1v) is 9.43. The van der Waals surface area contributed by atoms with Gasteiger partial charge in [-0.25, -0.2) is 14.4 Å². The Labute approximate surface area is 156 Å². The van der Waals surface area contributed by atoms with Crippen molar-refractivity contribution in [3.8, 4) is 0 Å². The third-order valence-electron chi connectivity index (χ3n) is 4.20. The number of hydrogen-bond donors (Lipinski definition) is 1. The van der Waals surface area contributed by atoms with Gasteiger partial charge < -0.3 is 19.7 Å². The lowest BCUT2D eigenvalue weighted by Crippen LogP contribution is -2.40. The predicted octanol–water partition coefficient (Wildman–Crippen LogP) is 2.65. The van der Waals surface area contributed by atoms with Gasteiger partial charge in [0.2, 0.25) is 0 Å². The highest BCUT2D eigenvalue weighted by molar-refractivity contribution is 5.91. The van der Waals surface area contributed by atoms with Crippen LogP contribution in [0.5, 0.6) is 0 Å². The number of ether oxygens (including phenoxy) is 2. The van der Waals surface area contributed by atoms with Crippen molar-refractivity contribution in [3.05, 3.63) is 12.2 Å². The van der Waals surface area contributed by atoms with Crippen molar-refractivity contribution in [2.45, 2.75) is 58.5 Å². The van der Waals surface area contributed by atoms with Crippen LogP contribution < -0.4 is 5.32 Å². The molecular weight excluding hydrogens is 336 g/mol. The molecule has 0 atom stereocenters. The number of nitrogens with one attached hydrogen (secondary N) is 1. The molecule has 0 unspecified atom stereocenters. The van der Waals surface area contributed by atoms with E-state index >= 15 is 0 Å². The fourth-order valence-electron chi connectivity index (χ4n) is 2.79. The van der Waals surface area contributed by atoms with Crippen molar-refractivity contribution >= 4 is 18.0 Å². The van der Waals surface area contributed by atoms with Gasteiger partial charge in [-0.05, 0) is 39.0 Å².